The van der Waals surface area contributed by atoms with Crippen molar-refractivity contribution in [2.45, 2.75) is 53.1 Å². The normalized spacial score (nSPS) is 21.2. The van der Waals surface area contributed by atoms with Crippen LogP contribution in [0.5, 0.6) is 0 Å². The van der Waals surface area contributed by atoms with Gasteiger partial charge in [-0.2, -0.15) is 27.2 Å². The van der Waals surface area contributed by atoms with Crippen molar-refractivity contribution in [2.24, 2.45) is 0 Å². The number of hydrogen-bond acceptors (Lipinski definition) is 6. The highest BCUT2D eigenvalue weighted by atomic mass is 32.2. The molecule has 13 heteroatoms. The lowest BCUT2D eigenvalue weighted by Crippen LogP contribution is -2.48. The fourth-order valence-electron chi connectivity index (χ4n) is 4.34. The molecule has 1 amide bonds. The molecule has 196 valence electrons. The van der Waals surface area contributed by atoms with Gasteiger partial charge >= 0.3 is 6.18 Å². The summed E-state index contributed by atoms with van der Waals surface area (Å²) in [7, 11) is -4.58. The molecule has 1 aliphatic carbocycles. The van der Waals surface area contributed by atoms with Crippen LogP contribution in [0, 0.1) is 11.3 Å². The Kier molecular flexibility index (Phi) is 6.52. The SMILES string of the molecule is C=CC(F)(F)c1ccccc1S(=O)(=O)[C@@H]1C[C@H](C(=O)NC2(C#N)CC2)N(c2ncccc2C(F)(F)F)C1. The van der Waals surface area contributed by atoms with E-state index < -0.39 is 79.5 Å². The van der Waals surface area contributed by atoms with Crippen molar-refractivity contribution in [3.8, 4) is 6.07 Å². The highest BCUT2D eigenvalue weighted by Crippen LogP contribution is 2.42. The first-order valence-electron chi connectivity index (χ1n) is 11.1. The van der Waals surface area contributed by atoms with E-state index in [1.165, 1.54) is 12.1 Å². The van der Waals surface area contributed by atoms with Crippen molar-refractivity contribution in [3.63, 3.8) is 0 Å². The molecule has 1 aromatic heterocycles. The summed E-state index contributed by atoms with van der Waals surface area (Å²) in [5.41, 5.74) is -3.19. The van der Waals surface area contributed by atoms with Gasteiger partial charge < -0.3 is 10.2 Å². The average molecular weight is 541 g/mol. The number of aromatic nitrogens is 1. The Morgan fingerprint density at radius 2 is 1.81 bits per heavy atom. The first-order chi connectivity index (χ1) is 17.3. The van der Waals surface area contributed by atoms with E-state index in [1.54, 1.807) is 0 Å². The van der Waals surface area contributed by atoms with Gasteiger partial charge in [-0.05, 0) is 43.5 Å². The van der Waals surface area contributed by atoms with E-state index in [1.807, 2.05) is 6.07 Å². The number of allylic oxidation sites excluding steroid dienone is 1. The summed E-state index contributed by atoms with van der Waals surface area (Å²) >= 11 is 0. The molecule has 2 fully saturated rings. The standard InChI is InChI=1S/C24H21F5N4O3S/c1-2-23(25,26)16-6-3-4-8-19(16)37(35,36)15-12-18(21(34)32-22(14-30)9-10-22)33(13-15)20-17(24(27,28)29)7-5-11-31-20/h2-8,11,15,18H,1,9-10,12-13H2,(H,32,34)/t15-,18-/m1/s1. The Balaban J connectivity index is 1.78. The molecule has 0 unspecified atom stereocenters. The second-order valence-corrected chi connectivity index (χ2v) is 11.1. The summed E-state index contributed by atoms with van der Waals surface area (Å²) in [6.45, 7) is 2.43. The number of halogens is 5. The van der Waals surface area contributed by atoms with E-state index in [0.29, 0.717) is 18.9 Å². The summed E-state index contributed by atoms with van der Waals surface area (Å²) < 4.78 is 97.5. The maximum Gasteiger partial charge on any atom is 0.419 e. The number of carbonyl (C=O) groups is 1. The zero-order chi connectivity index (χ0) is 27.2. The van der Waals surface area contributed by atoms with Gasteiger partial charge in [0.2, 0.25) is 5.91 Å². The van der Waals surface area contributed by atoms with Gasteiger partial charge in [-0.1, -0.05) is 24.8 Å². The fourth-order valence-corrected chi connectivity index (χ4v) is 6.27. The number of alkyl halides is 5. The number of carbonyl (C=O) groups excluding carboxylic acids is 1. The van der Waals surface area contributed by atoms with Gasteiger partial charge in [0.05, 0.1) is 21.8 Å². The Morgan fingerprint density at radius 1 is 1.16 bits per heavy atom. The van der Waals surface area contributed by atoms with E-state index in [-0.39, 0.29) is 0 Å². The zero-order valence-corrected chi connectivity index (χ0v) is 20.0. The molecule has 37 heavy (non-hydrogen) atoms. The monoisotopic (exact) mass is 540 g/mol. The second-order valence-electron chi connectivity index (χ2n) is 8.95. The summed E-state index contributed by atoms with van der Waals surface area (Å²) in [5.74, 6) is -5.21. The van der Waals surface area contributed by atoms with Gasteiger partial charge in [-0.3, -0.25) is 4.79 Å². The lowest BCUT2D eigenvalue weighted by Gasteiger charge is -2.28. The number of anilines is 1. The van der Waals surface area contributed by atoms with Gasteiger partial charge in [0, 0.05) is 18.3 Å². The van der Waals surface area contributed by atoms with Gasteiger partial charge in [0.25, 0.3) is 5.92 Å². The number of nitriles is 1. The summed E-state index contributed by atoms with van der Waals surface area (Å²) in [6.07, 6.45) is -3.34. The molecule has 0 radical (unpaired) electrons. The van der Waals surface area contributed by atoms with Gasteiger partial charge in [0.15, 0.2) is 9.84 Å². The number of hydrogen-bond donors (Lipinski definition) is 1. The van der Waals surface area contributed by atoms with Crippen LogP contribution in [0.3, 0.4) is 0 Å². The molecule has 1 saturated heterocycles. The molecule has 2 aliphatic rings. The molecule has 1 aromatic carbocycles. The van der Waals surface area contributed by atoms with Gasteiger partial charge in [-0.25, -0.2) is 13.4 Å². The van der Waals surface area contributed by atoms with E-state index in [0.717, 1.165) is 35.4 Å². The van der Waals surface area contributed by atoms with Crippen molar-refractivity contribution in [1.29, 1.82) is 5.26 Å². The van der Waals surface area contributed by atoms with Crippen LogP contribution in [0.15, 0.2) is 60.1 Å². The molecule has 7 nitrogen and oxygen atoms in total. The number of nitrogens with one attached hydrogen (secondary N) is 1. The lowest BCUT2D eigenvalue weighted by molar-refractivity contribution is -0.137. The van der Waals surface area contributed by atoms with Crippen molar-refractivity contribution < 1.29 is 35.2 Å². The smallest absolute Gasteiger partial charge is 0.343 e. The maximum absolute atomic E-state index is 14.5. The van der Waals surface area contributed by atoms with Crippen LogP contribution in [0.1, 0.15) is 30.4 Å². The predicted octanol–water partition coefficient (Wildman–Crippen LogP) is 3.97. The van der Waals surface area contributed by atoms with Crippen molar-refractivity contribution in [3.05, 3.63) is 66.4 Å². The number of benzene rings is 1. The molecular weight excluding hydrogens is 519 g/mol. The van der Waals surface area contributed by atoms with Gasteiger partial charge in [-0.15, -0.1) is 0 Å². The van der Waals surface area contributed by atoms with E-state index in [4.69, 9.17) is 0 Å². The van der Waals surface area contributed by atoms with E-state index in [9.17, 15) is 40.4 Å². The van der Waals surface area contributed by atoms with Crippen LogP contribution < -0.4 is 10.2 Å². The third-order valence-corrected chi connectivity index (χ3v) is 8.69. The molecule has 0 spiro atoms. The Morgan fingerprint density at radius 3 is 2.41 bits per heavy atom. The summed E-state index contributed by atoms with van der Waals surface area (Å²) in [5, 5.41) is 10.3. The number of nitrogens with zero attached hydrogens (tertiary/aromatic N) is 3. The zero-order valence-electron chi connectivity index (χ0n) is 19.2. The number of sulfone groups is 1. The maximum atomic E-state index is 14.5. The molecular formula is C24H21F5N4O3S. The second kappa shape index (κ2) is 9.09. The molecule has 1 saturated carbocycles. The number of pyridine rings is 1. The minimum Gasteiger partial charge on any atom is -0.343 e. The van der Waals surface area contributed by atoms with Crippen molar-refractivity contribution in [2.75, 3.05) is 11.4 Å². The highest BCUT2D eigenvalue weighted by Gasteiger charge is 2.51. The minimum atomic E-state index is -4.87. The number of rotatable bonds is 7. The van der Waals surface area contributed by atoms with Crippen LogP contribution in [0.4, 0.5) is 27.8 Å². The Hall–Kier alpha value is -3.53. The molecule has 4 rings (SSSR count). The molecule has 2 aromatic rings. The van der Waals surface area contributed by atoms with Gasteiger partial charge in [0.1, 0.15) is 17.4 Å². The van der Waals surface area contributed by atoms with Crippen LogP contribution in [0.25, 0.3) is 0 Å². The third kappa shape index (κ3) is 4.90. The number of amides is 1. The largest absolute Gasteiger partial charge is 0.419 e. The first-order valence-corrected chi connectivity index (χ1v) is 12.7. The lowest BCUT2D eigenvalue weighted by atomic mass is 10.1. The fraction of sp³-hybridized carbons (Fsp3) is 0.375. The van der Waals surface area contributed by atoms with Crippen LogP contribution in [-0.2, 0) is 26.7 Å². The Bertz CT molecular complexity index is 1380. The highest BCUT2D eigenvalue weighted by molar-refractivity contribution is 7.92. The average Bonchev–Trinajstić information content (AvgIpc) is 3.48. The minimum absolute atomic E-state index is 0.291. The van der Waals surface area contributed by atoms with Crippen LogP contribution >= 0.6 is 0 Å². The van der Waals surface area contributed by atoms with E-state index >= 15 is 0 Å². The summed E-state index contributed by atoms with van der Waals surface area (Å²) in [6, 6.07) is 6.67. The molecule has 2 atom stereocenters. The molecule has 1 N–H and O–H groups in total. The van der Waals surface area contributed by atoms with E-state index in [2.05, 4.69) is 16.9 Å². The first kappa shape index (κ1) is 26.5. The van der Waals surface area contributed by atoms with Crippen molar-refractivity contribution in [1.82, 2.24) is 10.3 Å². The predicted molar refractivity (Wildman–Crippen MR) is 122 cm³/mol. The Labute approximate surface area is 209 Å². The van der Waals surface area contributed by atoms with Crippen molar-refractivity contribution >= 4 is 21.6 Å². The quantitative estimate of drug-likeness (QED) is 0.421. The van der Waals surface area contributed by atoms with Crippen LogP contribution in [-0.4, -0.2) is 42.7 Å². The topological polar surface area (TPSA) is 103 Å². The molecule has 2 heterocycles. The molecule has 1 aliphatic heterocycles. The third-order valence-electron chi connectivity index (χ3n) is 6.50. The summed E-state index contributed by atoms with van der Waals surface area (Å²) in [4.78, 5) is 17.1. The van der Waals surface area contributed by atoms with Crippen LogP contribution in [0.2, 0.25) is 0 Å². The molecule has 0 bridgehead atoms.